The lowest BCUT2D eigenvalue weighted by Gasteiger charge is -2.36. The number of alkyl halides is 1. The van der Waals surface area contributed by atoms with E-state index in [9.17, 15) is 13.2 Å². The Morgan fingerprint density at radius 3 is 2.48 bits per heavy atom. The first-order valence-corrected chi connectivity index (χ1v) is 9.38. The highest BCUT2D eigenvalue weighted by Gasteiger charge is 2.50. The Balaban J connectivity index is 3.27. The molecule has 1 rings (SSSR count). The lowest BCUT2D eigenvalue weighted by molar-refractivity contribution is -0.150. The molecule has 1 aliphatic rings. The topological polar surface area (TPSA) is 72.5 Å². The van der Waals surface area contributed by atoms with E-state index in [1.54, 1.807) is 45.9 Å². The summed E-state index contributed by atoms with van der Waals surface area (Å²) in [5.41, 5.74) is -1.89. The summed E-state index contributed by atoms with van der Waals surface area (Å²) in [6.45, 7) is 7.16. The van der Waals surface area contributed by atoms with Crippen molar-refractivity contribution in [2.24, 2.45) is 5.41 Å². The molecule has 0 spiro atoms. The molecule has 0 bridgehead atoms. The van der Waals surface area contributed by atoms with Gasteiger partial charge in [-0.05, 0) is 27.7 Å². The third kappa shape index (κ3) is 4.17. The molecule has 21 heavy (non-hydrogen) atoms. The lowest BCUT2D eigenvalue weighted by atomic mass is 9.83. The molecule has 0 saturated heterocycles. The molecule has 2 atom stereocenters. The Bertz CT molecular complexity index is 548. The van der Waals surface area contributed by atoms with E-state index in [-0.39, 0.29) is 11.9 Å². The number of nitrogens with one attached hydrogen (secondary N) is 1. The zero-order chi connectivity index (χ0) is 16.3. The number of ether oxygens (including phenoxy) is 1. The van der Waals surface area contributed by atoms with Crippen LogP contribution in [0.1, 0.15) is 27.7 Å². The van der Waals surface area contributed by atoms with Crippen LogP contribution in [0.2, 0.25) is 0 Å². The molecule has 1 N–H and O–H groups in total. The lowest BCUT2D eigenvalue weighted by Crippen LogP contribution is -2.54. The van der Waals surface area contributed by atoms with Crippen molar-refractivity contribution in [3.63, 3.8) is 0 Å². The van der Waals surface area contributed by atoms with Gasteiger partial charge in [-0.2, -0.15) is 0 Å². The fourth-order valence-electron chi connectivity index (χ4n) is 2.15. The van der Waals surface area contributed by atoms with Crippen molar-refractivity contribution < 1.29 is 17.9 Å². The summed E-state index contributed by atoms with van der Waals surface area (Å²) in [5.74, 6) is -0.549. The first-order valence-electron chi connectivity index (χ1n) is 6.71. The Morgan fingerprint density at radius 1 is 1.38 bits per heavy atom. The van der Waals surface area contributed by atoms with Gasteiger partial charge in [0.2, 0.25) is 10.0 Å². The number of carbonyl (C=O) groups is 1. The maximum atomic E-state index is 12.7. The molecule has 0 aromatic rings. The maximum absolute atomic E-state index is 12.7. The van der Waals surface area contributed by atoms with Gasteiger partial charge in [-0.1, -0.05) is 40.2 Å². The van der Waals surface area contributed by atoms with Crippen molar-refractivity contribution in [2.75, 3.05) is 11.9 Å². The minimum atomic E-state index is -3.74. The largest absolute Gasteiger partial charge is 0.465 e. The summed E-state index contributed by atoms with van der Waals surface area (Å²) >= 11 is 3.27. The third-order valence-electron chi connectivity index (χ3n) is 2.96. The van der Waals surface area contributed by atoms with Crippen LogP contribution in [0.15, 0.2) is 24.3 Å². The predicted octanol–water partition coefficient (Wildman–Crippen LogP) is 2.14. The minimum Gasteiger partial charge on any atom is -0.465 e. The van der Waals surface area contributed by atoms with E-state index in [2.05, 4.69) is 20.7 Å². The fraction of sp³-hybridized carbons (Fsp3) is 0.643. The average Bonchev–Trinajstić information content (AvgIpc) is 2.36. The molecule has 0 heterocycles. The van der Waals surface area contributed by atoms with Crippen LogP contribution in [0.4, 0.5) is 0 Å². The molecule has 120 valence electrons. The Hall–Kier alpha value is -0.660. The molecule has 7 heteroatoms. The standard InChI is InChI=1S/C14H22BrNO4S/c1-5-20-12(17)14(10-15)9-7-6-8-11(14)21(18,19)16-13(2,3)4/h6-9,11,16H,5,10H2,1-4H3. The molecule has 0 saturated carbocycles. The van der Waals surface area contributed by atoms with Crippen molar-refractivity contribution >= 4 is 31.9 Å². The summed E-state index contributed by atoms with van der Waals surface area (Å²) < 4.78 is 33.0. The highest BCUT2D eigenvalue weighted by atomic mass is 79.9. The first kappa shape index (κ1) is 18.4. The van der Waals surface area contributed by atoms with Gasteiger partial charge in [0.15, 0.2) is 0 Å². The van der Waals surface area contributed by atoms with Gasteiger partial charge >= 0.3 is 5.97 Å². The molecule has 1 aliphatic carbocycles. The number of hydrogen-bond donors (Lipinski definition) is 1. The van der Waals surface area contributed by atoms with Crippen LogP contribution < -0.4 is 4.72 Å². The zero-order valence-corrected chi connectivity index (χ0v) is 15.1. The van der Waals surface area contributed by atoms with Crippen molar-refractivity contribution in [1.82, 2.24) is 4.72 Å². The number of rotatable bonds is 5. The van der Waals surface area contributed by atoms with Crippen LogP contribution in [0.3, 0.4) is 0 Å². The van der Waals surface area contributed by atoms with E-state index in [4.69, 9.17) is 4.74 Å². The molecule has 0 aromatic heterocycles. The van der Waals surface area contributed by atoms with Gasteiger partial charge in [-0.25, -0.2) is 13.1 Å². The van der Waals surface area contributed by atoms with Crippen molar-refractivity contribution in [1.29, 1.82) is 0 Å². The number of halogens is 1. The van der Waals surface area contributed by atoms with Crippen LogP contribution in [0, 0.1) is 5.41 Å². The summed E-state index contributed by atoms with van der Waals surface area (Å²) in [5, 5.41) is -0.859. The third-order valence-corrected chi connectivity index (χ3v) is 6.03. The second kappa shape index (κ2) is 6.62. The van der Waals surface area contributed by atoms with Crippen LogP contribution in [-0.4, -0.2) is 37.1 Å². The second-order valence-corrected chi connectivity index (χ2v) is 8.32. The number of esters is 1. The second-order valence-electron chi connectivity index (χ2n) is 5.96. The van der Waals surface area contributed by atoms with Crippen LogP contribution in [0.5, 0.6) is 0 Å². The SMILES string of the molecule is CCOC(=O)C1(CBr)C=CC=CC1S(=O)(=O)NC(C)(C)C. The monoisotopic (exact) mass is 379 g/mol. The molecular formula is C14H22BrNO4S. The summed E-state index contributed by atoms with van der Waals surface area (Å²) in [6.07, 6.45) is 6.41. The molecule has 0 radical (unpaired) electrons. The van der Waals surface area contributed by atoms with Gasteiger partial charge in [-0.3, -0.25) is 4.79 Å². The zero-order valence-electron chi connectivity index (χ0n) is 12.7. The van der Waals surface area contributed by atoms with E-state index in [1.165, 1.54) is 6.08 Å². The summed E-state index contributed by atoms with van der Waals surface area (Å²) in [6, 6.07) is 0. The van der Waals surface area contributed by atoms with E-state index in [0.717, 1.165) is 0 Å². The van der Waals surface area contributed by atoms with Crippen molar-refractivity contribution in [3.05, 3.63) is 24.3 Å². The van der Waals surface area contributed by atoms with E-state index >= 15 is 0 Å². The molecule has 5 nitrogen and oxygen atoms in total. The van der Waals surface area contributed by atoms with Gasteiger partial charge in [-0.15, -0.1) is 0 Å². The van der Waals surface area contributed by atoms with E-state index < -0.39 is 32.2 Å². The molecule has 0 amide bonds. The predicted molar refractivity (Wildman–Crippen MR) is 86.7 cm³/mol. The normalized spacial score (nSPS) is 25.9. The minimum absolute atomic E-state index is 0.162. The number of allylic oxidation sites excluding steroid dienone is 2. The highest BCUT2D eigenvalue weighted by molar-refractivity contribution is 9.09. The molecular weight excluding hydrogens is 358 g/mol. The average molecular weight is 380 g/mol. The van der Waals surface area contributed by atoms with E-state index in [1.807, 2.05) is 0 Å². The number of carbonyl (C=O) groups excluding carboxylic acids is 1. The number of sulfonamides is 1. The smallest absolute Gasteiger partial charge is 0.318 e. The van der Waals surface area contributed by atoms with E-state index in [0.29, 0.717) is 0 Å². The van der Waals surface area contributed by atoms with Gasteiger partial charge < -0.3 is 4.74 Å². The molecule has 0 fully saturated rings. The van der Waals surface area contributed by atoms with Crippen LogP contribution >= 0.6 is 15.9 Å². The highest BCUT2D eigenvalue weighted by Crippen LogP contribution is 2.36. The molecule has 0 aliphatic heterocycles. The van der Waals surface area contributed by atoms with Crippen molar-refractivity contribution in [3.8, 4) is 0 Å². The van der Waals surface area contributed by atoms with Gasteiger partial charge in [0.05, 0.1) is 6.61 Å². The molecule has 0 aromatic carbocycles. The quantitative estimate of drug-likeness (QED) is 0.586. The van der Waals surface area contributed by atoms with Gasteiger partial charge in [0, 0.05) is 10.9 Å². The maximum Gasteiger partial charge on any atom is 0.318 e. The first-order chi connectivity index (χ1) is 9.59. The van der Waals surface area contributed by atoms with Crippen LogP contribution in [0.25, 0.3) is 0 Å². The Labute approximate surface area is 135 Å². The summed E-state index contributed by atoms with van der Waals surface area (Å²) in [7, 11) is -3.74. The number of hydrogen-bond acceptors (Lipinski definition) is 4. The molecule has 2 unspecified atom stereocenters. The van der Waals surface area contributed by atoms with Gasteiger partial charge in [0.1, 0.15) is 10.7 Å². The summed E-state index contributed by atoms with van der Waals surface area (Å²) in [4.78, 5) is 12.3. The fourth-order valence-corrected chi connectivity index (χ4v) is 5.22. The Kier molecular flexibility index (Phi) is 5.80. The Morgan fingerprint density at radius 2 is 2.00 bits per heavy atom. The van der Waals surface area contributed by atoms with Crippen molar-refractivity contribution in [2.45, 2.75) is 38.5 Å². The van der Waals surface area contributed by atoms with Crippen LogP contribution in [-0.2, 0) is 19.6 Å². The van der Waals surface area contributed by atoms with Gasteiger partial charge in [0.25, 0.3) is 0 Å².